The van der Waals surface area contributed by atoms with Gasteiger partial charge in [-0.25, -0.2) is 0 Å². The van der Waals surface area contributed by atoms with Crippen molar-refractivity contribution in [3.63, 3.8) is 0 Å². The van der Waals surface area contributed by atoms with Crippen LogP contribution in [-0.4, -0.2) is 32.1 Å². The van der Waals surface area contributed by atoms with E-state index in [2.05, 4.69) is 0 Å². The van der Waals surface area contributed by atoms with Crippen molar-refractivity contribution in [3.8, 4) is 0 Å². The van der Waals surface area contributed by atoms with Crippen molar-refractivity contribution in [1.82, 2.24) is 4.90 Å². The highest BCUT2D eigenvalue weighted by Crippen LogP contribution is 2.28. The van der Waals surface area contributed by atoms with Crippen LogP contribution in [0.3, 0.4) is 0 Å². The van der Waals surface area contributed by atoms with Gasteiger partial charge in [0, 0.05) is 6.54 Å². The molecule has 0 fully saturated rings. The second-order valence-corrected chi connectivity index (χ2v) is 4.99. The maximum absolute atomic E-state index is 8.96. The fraction of sp³-hybridized carbons (Fsp3) is 0.333. The standard InChI is InChI=1S/C18H23NO/c1-15-9-7-8-12-17(15)18(20-14-13-19(2)3)16-10-5-4-6-11-16/h4-12,18H,13-14H2,1-3H3/i14D2,18D. The minimum Gasteiger partial charge on any atom is -0.367 e. The molecule has 0 amide bonds. The van der Waals surface area contributed by atoms with E-state index >= 15 is 0 Å². The van der Waals surface area contributed by atoms with Crippen LogP contribution < -0.4 is 0 Å². The highest BCUT2D eigenvalue weighted by molar-refractivity contribution is 5.35. The molecular formula is C18H23NO. The number of ether oxygens (including phenoxy) is 1. The maximum Gasteiger partial charge on any atom is 0.108 e. The highest BCUT2D eigenvalue weighted by atomic mass is 16.5. The van der Waals surface area contributed by atoms with Crippen molar-refractivity contribution < 1.29 is 8.85 Å². The first kappa shape index (κ1) is 11.1. The average Bonchev–Trinajstić information content (AvgIpc) is 2.46. The lowest BCUT2D eigenvalue weighted by molar-refractivity contribution is 0.0683. The maximum atomic E-state index is 8.96. The molecule has 0 spiro atoms. The molecule has 0 bridgehead atoms. The number of benzene rings is 2. The molecule has 0 heterocycles. The second-order valence-electron chi connectivity index (χ2n) is 4.99. The molecule has 2 heteroatoms. The molecule has 20 heavy (non-hydrogen) atoms. The summed E-state index contributed by atoms with van der Waals surface area (Å²) in [5, 5.41) is 0. The van der Waals surface area contributed by atoms with Gasteiger partial charge in [0.05, 0.1) is 10.7 Å². The van der Waals surface area contributed by atoms with Crippen LogP contribution in [0.25, 0.3) is 0 Å². The van der Waals surface area contributed by atoms with Crippen LogP contribution in [0.5, 0.6) is 0 Å². The van der Waals surface area contributed by atoms with Crippen molar-refractivity contribution in [1.29, 1.82) is 0 Å². The van der Waals surface area contributed by atoms with E-state index in [0.717, 1.165) is 5.56 Å². The number of nitrogens with zero attached hydrogens (tertiary/aromatic N) is 1. The van der Waals surface area contributed by atoms with Crippen LogP contribution in [0, 0.1) is 6.92 Å². The van der Waals surface area contributed by atoms with Crippen LogP contribution >= 0.6 is 0 Å². The Morgan fingerprint density at radius 3 is 2.40 bits per heavy atom. The van der Waals surface area contributed by atoms with E-state index in [1.807, 2.05) is 49.4 Å². The highest BCUT2D eigenvalue weighted by Gasteiger charge is 2.16. The average molecular weight is 272 g/mol. The van der Waals surface area contributed by atoms with Crippen LogP contribution in [0.1, 0.15) is 26.9 Å². The summed E-state index contributed by atoms with van der Waals surface area (Å²) >= 11 is 0. The molecule has 2 aromatic rings. The Labute approximate surface area is 126 Å². The molecule has 2 aromatic carbocycles. The summed E-state index contributed by atoms with van der Waals surface area (Å²) in [6, 6.07) is 16.6. The van der Waals surface area contributed by atoms with Crippen molar-refractivity contribution in [2.75, 3.05) is 27.2 Å². The molecule has 1 atom stereocenters. The molecule has 2 rings (SSSR count). The quantitative estimate of drug-likeness (QED) is 0.795. The van der Waals surface area contributed by atoms with Gasteiger partial charge in [0.15, 0.2) is 0 Å². The van der Waals surface area contributed by atoms with Gasteiger partial charge >= 0.3 is 0 Å². The summed E-state index contributed by atoms with van der Waals surface area (Å²) in [7, 11) is 3.56. The molecule has 0 aliphatic rings. The largest absolute Gasteiger partial charge is 0.367 e. The minimum absolute atomic E-state index is 0.0757. The summed E-state index contributed by atoms with van der Waals surface area (Å²) < 4.78 is 31.0. The zero-order valence-electron chi connectivity index (χ0n) is 15.3. The molecule has 2 nitrogen and oxygen atoms in total. The lowest BCUT2D eigenvalue weighted by Crippen LogP contribution is -2.20. The van der Waals surface area contributed by atoms with E-state index in [4.69, 9.17) is 8.85 Å². The SMILES string of the molecule is [2H]C([2H])(CN(C)C)OC([2H])(c1ccccc1)c1ccccc1C. The van der Waals surface area contributed by atoms with E-state index in [9.17, 15) is 0 Å². The van der Waals surface area contributed by atoms with Gasteiger partial charge in [0.25, 0.3) is 0 Å². The molecule has 0 aliphatic carbocycles. The summed E-state index contributed by atoms with van der Waals surface area (Å²) in [5.41, 5.74) is 2.15. The predicted molar refractivity (Wildman–Crippen MR) is 84.0 cm³/mol. The normalized spacial score (nSPS) is 17.1. The summed E-state index contributed by atoms with van der Waals surface area (Å²) in [6.45, 7) is 0.0299. The fourth-order valence-corrected chi connectivity index (χ4v) is 1.92. The molecule has 0 saturated heterocycles. The third kappa shape index (κ3) is 3.92. The molecule has 0 aromatic heterocycles. The zero-order chi connectivity index (χ0) is 17.1. The van der Waals surface area contributed by atoms with E-state index in [0.29, 0.717) is 11.1 Å². The van der Waals surface area contributed by atoms with E-state index < -0.39 is 12.6 Å². The van der Waals surface area contributed by atoms with Gasteiger partial charge in [-0.2, -0.15) is 0 Å². The molecule has 0 N–H and O–H groups in total. The van der Waals surface area contributed by atoms with Crippen molar-refractivity contribution in [3.05, 3.63) is 71.3 Å². The molecular weight excluding hydrogens is 246 g/mol. The lowest BCUT2D eigenvalue weighted by Gasteiger charge is -2.22. The monoisotopic (exact) mass is 272 g/mol. The summed E-state index contributed by atoms with van der Waals surface area (Å²) in [4.78, 5) is 1.71. The molecule has 0 saturated carbocycles. The molecule has 1 unspecified atom stereocenters. The molecule has 106 valence electrons. The zero-order valence-corrected chi connectivity index (χ0v) is 12.3. The van der Waals surface area contributed by atoms with E-state index in [1.165, 1.54) is 0 Å². The van der Waals surface area contributed by atoms with Crippen molar-refractivity contribution in [2.24, 2.45) is 0 Å². The van der Waals surface area contributed by atoms with Gasteiger partial charge in [0.2, 0.25) is 0 Å². The Morgan fingerprint density at radius 1 is 1.10 bits per heavy atom. The van der Waals surface area contributed by atoms with Crippen molar-refractivity contribution in [2.45, 2.75) is 13.0 Å². The van der Waals surface area contributed by atoms with E-state index in [-0.39, 0.29) is 6.54 Å². The Balaban J connectivity index is 2.51. The number of rotatable bonds is 6. The molecule has 0 aliphatic heterocycles. The van der Waals surface area contributed by atoms with Crippen LogP contribution in [0.2, 0.25) is 0 Å². The van der Waals surface area contributed by atoms with Gasteiger partial charge in [-0.15, -0.1) is 0 Å². The topological polar surface area (TPSA) is 12.5 Å². The second kappa shape index (κ2) is 7.22. The van der Waals surface area contributed by atoms with Crippen LogP contribution in [-0.2, 0) is 4.74 Å². The van der Waals surface area contributed by atoms with Crippen LogP contribution in [0.15, 0.2) is 54.6 Å². The number of likely N-dealkylation sites (N-methyl/N-ethyl adjacent to an activating group) is 1. The molecule has 0 radical (unpaired) electrons. The van der Waals surface area contributed by atoms with E-state index in [1.54, 1.807) is 31.1 Å². The van der Waals surface area contributed by atoms with Crippen LogP contribution in [0.4, 0.5) is 0 Å². The number of aryl methyl sites for hydroxylation is 1. The summed E-state index contributed by atoms with van der Waals surface area (Å²) in [6.07, 6.45) is -1.61. The fourth-order valence-electron chi connectivity index (χ4n) is 1.92. The predicted octanol–water partition coefficient (Wildman–Crippen LogP) is 3.66. The first-order valence-corrected chi connectivity index (χ1v) is 6.71. The van der Waals surface area contributed by atoms with Gasteiger partial charge in [0.1, 0.15) is 6.08 Å². The Bertz CT molecular complexity index is 646. The lowest BCUT2D eigenvalue weighted by atomic mass is 9.97. The summed E-state index contributed by atoms with van der Waals surface area (Å²) in [5.74, 6) is 0. The van der Waals surface area contributed by atoms with Gasteiger partial charge < -0.3 is 9.64 Å². The van der Waals surface area contributed by atoms with Crippen molar-refractivity contribution >= 4 is 0 Å². The van der Waals surface area contributed by atoms with Gasteiger partial charge in [-0.3, -0.25) is 0 Å². The third-order valence-corrected chi connectivity index (χ3v) is 2.98. The minimum atomic E-state index is -1.95. The van der Waals surface area contributed by atoms with Gasteiger partial charge in [-0.1, -0.05) is 54.6 Å². The Hall–Kier alpha value is -1.64. The number of hydrogen-bond donors (Lipinski definition) is 0. The first-order chi connectivity index (χ1) is 10.7. The number of hydrogen-bond acceptors (Lipinski definition) is 2. The Kier molecular flexibility index (Phi) is 4.00. The Morgan fingerprint density at radius 2 is 1.75 bits per heavy atom. The van der Waals surface area contributed by atoms with Gasteiger partial charge in [-0.05, 0) is 37.7 Å². The first-order valence-electron chi connectivity index (χ1n) is 8.21. The smallest absolute Gasteiger partial charge is 0.108 e. The third-order valence-electron chi connectivity index (χ3n) is 2.98.